The van der Waals surface area contributed by atoms with E-state index in [0.29, 0.717) is 18.4 Å². The van der Waals surface area contributed by atoms with Crippen LogP contribution in [0.15, 0.2) is 36.4 Å². The molecule has 0 spiro atoms. The molecule has 1 aromatic carbocycles. The molecule has 1 saturated heterocycles. The number of methoxy groups -OCH3 is 1. The number of likely N-dealkylation sites (tertiary alicyclic amines) is 1. The van der Waals surface area contributed by atoms with Crippen LogP contribution in [0.5, 0.6) is 0 Å². The third kappa shape index (κ3) is 3.38. The second-order valence-corrected chi connectivity index (χ2v) is 7.26. The maximum Gasteiger partial charge on any atom is 0.408 e. The van der Waals surface area contributed by atoms with E-state index in [9.17, 15) is 19.1 Å². The predicted molar refractivity (Wildman–Crippen MR) is 91.6 cm³/mol. The van der Waals surface area contributed by atoms with E-state index in [2.05, 4.69) is 4.74 Å². The van der Waals surface area contributed by atoms with Crippen LogP contribution in [0, 0.1) is 11.2 Å². The molecular weight excluding hydrogens is 325 g/mol. The second kappa shape index (κ2) is 6.86. The smallest absolute Gasteiger partial charge is 0.408 e. The van der Waals surface area contributed by atoms with E-state index in [1.807, 2.05) is 20.8 Å². The van der Waals surface area contributed by atoms with Crippen molar-refractivity contribution in [2.75, 3.05) is 7.11 Å². The van der Waals surface area contributed by atoms with E-state index in [1.54, 1.807) is 18.2 Å². The Hall–Kier alpha value is -2.37. The summed E-state index contributed by atoms with van der Waals surface area (Å²) in [4.78, 5) is 24.9. The van der Waals surface area contributed by atoms with Gasteiger partial charge in [0.25, 0.3) is 0 Å². The van der Waals surface area contributed by atoms with Crippen LogP contribution in [-0.4, -0.2) is 35.2 Å². The molecule has 2 rings (SSSR count). The van der Waals surface area contributed by atoms with Gasteiger partial charge in [-0.25, -0.2) is 14.0 Å². The molecule has 136 valence electrons. The molecule has 0 bridgehead atoms. The van der Waals surface area contributed by atoms with Crippen LogP contribution in [0.3, 0.4) is 0 Å². The van der Waals surface area contributed by atoms with Gasteiger partial charge in [0.2, 0.25) is 0 Å². The summed E-state index contributed by atoms with van der Waals surface area (Å²) < 4.78 is 18.4. The van der Waals surface area contributed by atoms with Gasteiger partial charge in [-0.2, -0.15) is 0 Å². The van der Waals surface area contributed by atoms with Gasteiger partial charge in [0.15, 0.2) is 0 Å². The van der Waals surface area contributed by atoms with Gasteiger partial charge in [-0.3, -0.25) is 4.90 Å². The lowest BCUT2D eigenvalue weighted by Crippen LogP contribution is -2.55. The third-order valence-corrected chi connectivity index (χ3v) is 4.95. The van der Waals surface area contributed by atoms with Gasteiger partial charge in [-0.1, -0.05) is 39.0 Å². The van der Waals surface area contributed by atoms with Crippen LogP contribution in [0.2, 0.25) is 0 Å². The Morgan fingerprint density at radius 3 is 2.60 bits per heavy atom. The van der Waals surface area contributed by atoms with E-state index in [1.165, 1.54) is 30.2 Å². The molecule has 1 aliphatic rings. The average Bonchev–Trinajstić information content (AvgIpc) is 2.93. The lowest BCUT2D eigenvalue weighted by Gasteiger charge is -2.48. The highest BCUT2D eigenvalue weighted by atomic mass is 19.1. The first-order valence-electron chi connectivity index (χ1n) is 8.18. The number of carboxylic acid groups (broad SMARTS) is 1. The number of esters is 1. The summed E-state index contributed by atoms with van der Waals surface area (Å²) in [5.41, 5.74) is -0.754. The minimum Gasteiger partial charge on any atom is -0.466 e. The highest BCUT2D eigenvalue weighted by Gasteiger charge is 2.56. The lowest BCUT2D eigenvalue weighted by atomic mass is 9.67. The Labute approximate surface area is 147 Å². The SMILES string of the molecule is COC(=O)C=C[C@H]1CC[C@@](c2cccc(F)c2)(C(C)(C)C)N1C(=O)O. The zero-order chi connectivity index (χ0) is 18.8. The molecule has 0 radical (unpaired) electrons. The highest BCUT2D eigenvalue weighted by molar-refractivity contribution is 5.82. The minimum absolute atomic E-state index is 0.403. The van der Waals surface area contributed by atoms with Crippen molar-refractivity contribution in [3.63, 3.8) is 0 Å². The van der Waals surface area contributed by atoms with Crippen molar-refractivity contribution in [3.05, 3.63) is 47.8 Å². The van der Waals surface area contributed by atoms with Crippen molar-refractivity contribution in [2.24, 2.45) is 5.41 Å². The Morgan fingerprint density at radius 1 is 1.40 bits per heavy atom. The monoisotopic (exact) mass is 349 g/mol. The first-order chi connectivity index (χ1) is 11.6. The third-order valence-electron chi connectivity index (χ3n) is 4.95. The number of carbonyl (C=O) groups excluding carboxylic acids is 1. The van der Waals surface area contributed by atoms with Crippen molar-refractivity contribution in [1.82, 2.24) is 4.90 Å². The standard InChI is InChI=1S/C19H24FNO4/c1-18(2,3)19(13-6-5-7-14(20)12-13)11-10-15(21(19)17(23)24)8-9-16(22)25-4/h5-9,12,15H,10-11H2,1-4H3,(H,23,24)/t15-,19+/m0/s1. The molecule has 0 unspecified atom stereocenters. The zero-order valence-corrected chi connectivity index (χ0v) is 15.0. The van der Waals surface area contributed by atoms with Crippen LogP contribution in [0.4, 0.5) is 9.18 Å². The first-order valence-corrected chi connectivity index (χ1v) is 8.18. The number of carbonyl (C=O) groups is 2. The van der Waals surface area contributed by atoms with Gasteiger partial charge in [0, 0.05) is 6.08 Å². The Bertz CT molecular complexity index is 695. The maximum atomic E-state index is 13.9. The fourth-order valence-corrected chi connectivity index (χ4v) is 3.83. The lowest BCUT2D eigenvalue weighted by molar-refractivity contribution is -0.134. The number of hydrogen-bond acceptors (Lipinski definition) is 3. The Kier molecular flexibility index (Phi) is 5.20. The van der Waals surface area contributed by atoms with Crippen molar-refractivity contribution < 1.29 is 23.8 Å². The zero-order valence-electron chi connectivity index (χ0n) is 15.0. The molecule has 0 aromatic heterocycles. The van der Waals surface area contributed by atoms with Gasteiger partial charge in [-0.15, -0.1) is 0 Å². The van der Waals surface area contributed by atoms with Gasteiger partial charge in [-0.05, 0) is 36.0 Å². The number of nitrogens with zero attached hydrogens (tertiary/aromatic N) is 1. The Morgan fingerprint density at radius 2 is 2.08 bits per heavy atom. The van der Waals surface area contributed by atoms with E-state index >= 15 is 0 Å². The van der Waals surface area contributed by atoms with Crippen LogP contribution in [0.25, 0.3) is 0 Å². The van der Waals surface area contributed by atoms with Crippen molar-refractivity contribution in [1.29, 1.82) is 0 Å². The van der Waals surface area contributed by atoms with Gasteiger partial charge < -0.3 is 9.84 Å². The van der Waals surface area contributed by atoms with Crippen molar-refractivity contribution >= 4 is 12.1 Å². The number of hydrogen-bond donors (Lipinski definition) is 1. The summed E-state index contributed by atoms with van der Waals surface area (Å²) in [5, 5.41) is 9.92. The van der Waals surface area contributed by atoms with Crippen LogP contribution in [-0.2, 0) is 15.1 Å². The van der Waals surface area contributed by atoms with Crippen LogP contribution >= 0.6 is 0 Å². The number of benzene rings is 1. The fourth-order valence-electron chi connectivity index (χ4n) is 3.83. The first kappa shape index (κ1) is 19.0. The Balaban J connectivity index is 2.58. The second-order valence-electron chi connectivity index (χ2n) is 7.26. The molecule has 2 atom stereocenters. The van der Waals surface area contributed by atoms with Crippen LogP contribution < -0.4 is 0 Å². The normalized spacial score (nSPS) is 23.9. The van der Waals surface area contributed by atoms with E-state index in [4.69, 9.17) is 0 Å². The summed E-state index contributed by atoms with van der Waals surface area (Å²) in [6.45, 7) is 5.83. The molecule has 1 amide bonds. The average molecular weight is 349 g/mol. The molecule has 1 fully saturated rings. The minimum atomic E-state index is -1.10. The predicted octanol–water partition coefficient (Wildman–Crippen LogP) is 3.94. The number of ether oxygens (including phenoxy) is 1. The molecule has 0 aliphatic carbocycles. The summed E-state index contributed by atoms with van der Waals surface area (Å²) in [7, 11) is 1.27. The number of amides is 1. The molecule has 1 heterocycles. The molecule has 1 aromatic rings. The number of rotatable bonds is 3. The molecular formula is C19H24FNO4. The molecule has 1 N–H and O–H groups in total. The van der Waals surface area contributed by atoms with Gasteiger partial charge >= 0.3 is 12.1 Å². The maximum absolute atomic E-state index is 13.9. The molecule has 1 aliphatic heterocycles. The molecule has 5 nitrogen and oxygen atoms in total. The van der Waals surface area contributed by atoms with Crippen molar-refractivity contribution in [3.8, 4) is 0 Å². The summed E-state index contributed by atoms with van der Waals surface area (Å²) in [5.74, 6) is -0.940. The largest absolute Gasteiger partial charge is 0.466 e. The van der Waals surface area contributed by atoms with E-state index in [-0.39, 0.29) is 0 Å². The fraction of sp³-hybridized carbons (Fsp3) is 0.474. The summed E-state index contributed by atoms with van der Waals surface area (Å²) in [6, 6.07) is 5.60. The molecule has 25 heavy (non-hydrogen) atoms. The molecule has 0 saturated carbocycles. The van der Waals surface area contributed by atoms with E-state index < -0.39 is 34.9 Å². The quantitative estimate of drug-likeness (QED) is 0.663. The van der Waals surface area contributed by atoms with Gasteiger partial charge in [0.05, 0.1) is 18.7 Å². The topological polar surface area (TPSA) is 66.8 Å². The van der Waals surface area contributed by atoms with E-state index in [0.717, 1.165) is 0 Å². The summed E-state index contributed by atoms with van der Waals surface area (Å²) >= 11 is 0. The highest BCUT2D eigenvalue weighted by Crippen LogP contribution is 2.53. The van der Waals surface area contributed by atoms with Gasteiger partial charge in [0.1, 0.15) is 5.82 Å². The van der Waals surface area contributed by atoms with Crippen LogP contribution in [0.1, 0.15) is 39.2 Å². The molecule has 6 heteroatoms. The number of halogens is 1. The summed E-state index contributed by atoms with van der Waals surface area (Å²) in [6.07, 6.45) is 2.75. The van der Waals surface area contributed by atoms with Crippen molar-refractivity contribution in [2.45, 2.75) is 45.2 Å².